The second-order valence-corrected chi connectivity index (χ2v) is 9.33. The zero-order chi connectivity index (χ0) is 22.9. The minimum atomic E-state index is 0.556. The number of nitrogens with zero attached hydrogens (tertiary/aromatic N) is 5. The summed E-state index contributed by atoms with van der Waals surface area (Å²) in [7, 11) is 0. The number of rotatable bonds is 6. The molecule has 1 saturated heterocycles. The van der Waals surface area contributed by atoms with Crippen molar-refractivity contribution in [2.24, 2.45) is 0 Å². The van der Waals surface area contributed by atoms with E-state index in [1.54, 1.807) is 11.3 Å². The Bertz CT molecular complexity index is 1390. The van der Waals surface area contributed by atoms with Gasteiger partial charge in [-0.1, -0.05) is 22.8 Å². The summed E-state index contributed by atoms with van der Waals surface area (Å²) in [4.78, 5) is 18.5. The van der Waals surface area contributed by atoms with Crippen LogP contribution in [-0.2, 0) is 6.54 Å². The molecule has 5 aromatic rings. The van der Waals surface area contributed by atoms with Crippen LogP contribution in [0.5, 0.6) is 5.75 Å². The second-order valence-electron chi connectivity index (χ2n) is 7.94. The van der Waals surface area contributed by atoms with Gasteiger partial charge in [-0.25, -0.2) is 4.98 Å². The van der Waals surface area contributed by atoms with Crippen molar-refractivity contribution in [1.29, 1.82) is 0 Å². The Labute approximate surface area is 204 Å². The lowest BCUT2D eigenvalue weighted by Gasteiger charge is -2.33. The zero-order valence-electron chi connectivity index (χ0n) is 18.1. The average molecular weight is 494 g/mol. The molecule has 0 radical (unpaired) electrons. The molecule has 1 aliphatic rings. The summed E-state index contributed by atoms with van der Waals surface area (Å²) < 4.78 is 11.3. The standard InChI is InChI=1S/C24H20ClN5O3S/c25-17-5-3-16(4-6-17)24-26-19-14-18(7-8-20(19)31-24)33-30-11-9-29(10-12-30)15-22-27-23(28-32-22)21-2-1-13-34-21/h1-8,13-14H,9-12,15H2. The Morgan fingerprint density at radius 3 is 2.65 bits per heavy atom. The summed E-state index contributed by atoms with van der Waals surface area (Å²) in [5, 5.41) is 8.73. The van der Waals surface area contributed by atoms with Crippen LogP contribution >= 0.6 is 22.9 Å². The third-order valence-corrected chi connectivity index (χ3v) is 6.70. The molecule has 4 heterocycles. The number of oxazole rings is 1. The number of aromatic nitrogens is 3. The van der Waals surface area contributed by atoms with Gasteiger partial charge in [0.1, 0.15) is 11.3 Å². The summed E-state index contributed by atoms with van der Waals surface area (Å²) >= 11 is 7.58. The first-order valence-corrected chi connectivity index (χ1v) is 12.1. The third-order valence-electron chi connectivity index (χ3n) is 5.58. The predicted molar refractivity (Wildman–Crippen MR) is 130 cm³/mol. The number of halogens is 1. The van der Waals surface area contributed by atoms with Gasteiger partial charge in [-0.2, -0.15) is 4.98 Å². The quantitative estimate of drug-likeness (QED) is 0.312. The Hall–Kier alpha value is -3.24. The number of benzene rings is 2. The van der Waals surface area contributed by atoms with Crippen LogP contribution in [-0.4, -0.2) is 51.3 Å². The minimum absolute atomic E-state index is 0.556. The van der Waals surface area contributed by atoms with Gasteiger partial charge in [0.25, 0.3) is 0 Å². The highest BCUT2D eigenvalue weighted by molar-refractivity contribution is 7.13. The molecule has 1 fully saturated rings. The number of thiophene rings is 1. The molecule has 0 atom stereocenters. The molecule has 0 amide bonds. The molecule has 10 heteroatoms. The molecule has 0 N–H and O–H groups in total. The fraction of sp³-hybridized carbons (Fsp3) is 0.208. The molecule has 0 aliphatic carbocycles. The monoisotopic (exact) mass is 493 g/mol. The van der Waals surface area contributed by atoms with E-state index in [0.717, 1.165) is 47.9 Å². The number of hydrogen-bond acceptors (Lipinski definition) is 9. The second kappa shape index (κ2) is 9.19. The van der Waals surface area contributed by atoms with Crippen molar-refractivity contribution in [2.75, 3.05) is 26.2 Å². The maximum atomic E-state index is 6.10. The van der Waals surface area contributed by atoms with Gasteiger partial charge in [-0.15, -0.1) is 16.4 Å². The van der Waals surface area contributed by atoms with Crippen molar-refractivity contribution in [3.05, 3.63) is 70.9 Å². The van der Waals surface area contributed by atoms with Crippen LogP contribution < -0.4 is 4.84 Å². The molecule has 8 nitrogen and oxygen atoms in total. The van der Waals surface area contributed by atoms with Crippen LogP contribution in [0.3, 0.4) is 0 Å². The maximum Gasteiger partial charge on any atom is 0.241 e. The van der Waals surface area contributed by atoms with E-state index in [9.17, 15) is 0 Å². The summed E-state index contributed by atoms with van der Waals surface area (Å²) in [6, 6.07) is 17.1. The summed E-state index contributed by atoms with van der Waals surface area (Å²) in [6.07, 6.45) is 0. The molecule has 1 aliphatic heterocycles. The molecule has 0 bridgehead atoms. The highest BCUT2D eigenvalue weighted by atomic mass is 35.5. The largest absolute Gasteiger partial charge is 0.436 e. The first kappa shape index (κ1) is 21.3. The molecule has 34 heavy (non-hydrogen) atoms. The van der Waals surface area contributed by atoms with Gasteiger partial charge in [0.05, 0.1) is 11.4 Å². The molecule has 6 rings (SSSR count). The van der Waals surface area contributed by atoms with E-state index in [1.807, 2.05) is 65.0 Å². The van der Waals surface area contributed by atoms with E-state index < -0.39 is 0 Å². The lowest BCUT2D eigenvalue weighted by molar-refractivity contribution is -0.0904. The van der Waals surface area contributed by atoms with E-state index in [1.165, 1.54) is 0 Å². The van der Waals surface area contributed by atoms with E-state index in [4.69, 9.17) is 25.4 Å². The van der Waals surface area contributed by atoms with Crippen molar-refractivity contribution >= 4 is 34.0 Å². The molecule has 0 saturated carbocycles. The van der Waals surface area contributed by atoms with Gasteiger partial charge < -0.3 is 13.8 Å². The highest BCUT2D eigenvalue weighted by Crippen LogP contribution is 2.28. The average Bonchev–Trinajstić information content (AvgIpc) is 3.61. The number of hydrogen-bond donors (Lipinski definition) is 0. The van der Waals surface area contributed by atoms with Gasteiger partial charge in [0.2, 0.25) is 17.6 Å². The third kappa shape index (κ3) is 4.55. The Balaban J connectivity index is 1.06. The van der Waals surface area contributed by atoms with Crippen LogP contribution in [0.2, 0.25) is 5.02 Å². The molecule has 0 unspecified atom stereocenters. The van der Waals surface area contributed by atoms with Crippen molar-refractivity contribution in [3.8, 4) is 27.9 Å². The Morgan fingerprint density at radius 2 is 1.85 bits per heavy atom. The first-order valence-electron chi connectivity index (χ1n) is 10.9. The molecule has 0 spiro atoms. The summed E-state index contributed by atoms with van der Waals surface area (Å²) in [6.45, 7) is 3.83. The molecular weight excluding hydrogens is 474 g/mol. The van der Waals surface area contributed by atoms with Crippen LogP contribution in [0.1, 0.15) is 5.89 Å². The fourth-order valence-electron chi connectivity index (χ4n) is 3.82. The van der Waals surface area contributed by atoms with Crippen molar-refractivity contribution in [3.63, 3.8) is 0 Å². The Morgan fingerprint density at radius 1 is 1.00 bits per heavy atom. The topological polar surface area (TPSA) is 80.7 Å². The van der Waals surface area contributed by atoms with Gasteiger partial charge >= 0.3 is 0 Å². The molecule has 3 aromatic heterocycles. The van der Waals surface area contributed by atoms with Crippen LogP contribution in [0.4, 0.5) is 0 Å². The van der Waals surface area contributed by atoms with E-state index in [2.05, 4.69) is 20.0 Å². The molecule has 2 aromatic carbocycles. The molecular formula is C24H20ClN5O3S. The normalized spacial score (nSPS) is 15.2. The van der Waals surface area contributed by atoms with Crippen LogP contribution in [0.25, 0.3) is 33.3 Å². The number of piperazine rings is 1. The van der Waals surface area contributed by atoms with Gasteiger partial charge in [-0.05, 0) is 47.8 Å². The van der Waals surface area contributed by atoms with E-state index in [0.29, 0.717) is 34.8 Å². The summed E-state index contributed by atoms with van der Waals surface area (Å²) in [5.74, 6) is 2.57. The van der Waals surface area contributed by atoms with Crippen molar-refractivity contribution in [2.45, 2.75) is 6.54 Å². The first-order chi connectivity index (χ1) is 16.7. The maximum absolute atomic E-state index is 6.10. The fourth-order valence-corrected chi connectivity index (χ4v) is 4.60. The van der Waals surface area contributed by atoms with Crippen LogP contribution in [0, 0.1) is 0 Å². The van der Waals surface area contributed by atoms with Gasteiger partial charge in [0.15, 0.2) is 5.58 Å². The smallest absolute Gasteiger partial charge is 0.241 e. The van der Waals surface area contributed by atoms with E-state index in [-0.39, 0.29) is 0 Å². The minimum Gasteiger partial charge on any atom is -0.436 e. The lowest BCUT2D eigenvalue weighted by atomic mass is 10.2. The van der Waals surface area contributed by atoms with Gasteiger partial charge in [0, 0.05) is 42.8 Å². The van der Waals surface area contributed by atoms with Crippen molar-refractivity contribution in [1.82, 2.24) is 25.1 Å². The highest BCUT2D eigenvalue weighted by Gasteiger charge is 2.21. The predicted octanol–water partition coefficient (Wildman–Crippen LogP) is 5.37. The zero-order valence-corrected chi connectivity index (χ0v) is 19.6. The van der Waals surface area contributed by atoms with E-state index >= 15 is 0 Å². The van der Waals surface area contributed by atoms with Gasteiger partial charge in [-0.3, -0.25) is 4.90 Å². The summed E-state index contributed by atoms with van der Waals surface area (Å²) in [5.41, 5.74) is 2.34. The lowest BCUT2D eigenvalue weighted by Crippen LogP contribution is -2.47. The number of fused-ring (bicyclic) bond motifs is 1. The number of hydroxylamine groups is 2. The van der Waals surface area contributed by atoms with Crippen LogP contribution in [0.15, 0.2) is 68.9 Å². The van der Waals surface area contributed by atoms with Crippen molar-refractivity contribution < 1.29 is 13.8 Å². The SMILES string of the molecule is Clc1ccc(-c2nc3cc(ON4CCN(Cc5nc(-c6cccs6)no5)CC4)ccc3o2)cc1. The Kier molecular flexibility index (Phi) is 5.76. The molecule has 172 valence electrons.